The van der Waals surface area contributed by atoms with Gasteiger partial charge >= 0.3 is 5.97 Å². The molecule has 1 heterocycles. The van der Waals surface area contributed by atoms with Crippen LogP contribution in [0, 0.1) is 0 Å². The first-order valence-electron chi connectivity index (χ1n) is 6.53. The molecular formula is C16H14ClNO2. The van der Waals surface area contributed by atoms with Crippen molar-refractivity contribution < 1.29 is 9.90 Å². The number of nitrogens with one attached hydrogen (secondary N) is 1. The first-order chi connectivity index (χ1) is 9.60. The van der Waals surface area contributed by atoms with E-state index in [-0.39, 0.29) is 6.42 Å². The lowest BCUT2D eigenvalue weighted by atomic mass is 9.99. The van der Waals surface area contributed by atoms with Gasteiger partial charge in [-0.15, -0.1) is 0 Å². The molecule has 0 aliphatic heterocycles. The van der Waals surface area contributed by atoms with Gasteiger partial charge in [0, 0.05) is 26.8 Å². The maximum atomic E-state index is 11.0. The number of aryl methyl sites for hydroxylation is 1. The number of carboxylic acid groups (broad SMARTS) is 1. The molecule has 20 heavy (non-hydrogen) atoms. The lowest BCUT2D eigenvalue weighted by Crippen LogP contribution is -2.03. The van der Waals surface area contributed by atoms with Crippen LogP contribution in [0.2, 0.25) is 5.02 Å². The third-order valence-corrected chi connectivity index (χ3v) is 3.87. The lowest BCUT2D eigenvalue weighted by molar-refractivity contribution is -0.136. The number of halogens is 1. The van der Waals surface area contributed by atoms with Crippen molar-refractivity contribution in [3.63, 3.8) is 0 Å². The molecule has 3 rings (SSSR count). The Hall–Kier alpha value is -2.00. The highest BCUT2D eigenvalue weighted by atomic mass is 35.5. The van der Waals surface area contributed by atoms with Crippen LogP contribution in [0.15, 0.2) is 30.3 Å². The van der Waals surface area contributed by atoms with Gasteiger partial charge in [0.15, 0.2) is 0 Å². The Labute approximate surface area is 121 Å². The fourth-order valence-electron chi connectivity index (χ4n) is 2.77. The average Bonchev–Trinajstić information content (AvgIpc) is 2.75. The van der Waals surface area contributed by atoms with Gasteiger partial charge in [-0.2, -0.15) is 0 Å². The third-order valence-electron chi connectivity index (χ3n) is 3.64. The van der Waals surface area contributed by atoms with Crippen molar-refractivity contribution in [2.24, 2.45) is 0 Å². The van der Waals surface area contributed by atoms with Crippen LogP contribution in [-0.4, -0.2) is 16.1 Å². The molecule has 0 bridgehead atoms. The van der Waals surface area contributed by atoms with E-state index < -0.39 is 5.97 Å². The SMILES string of the molecule is CCc1c(CC(=O)O)ccc2c1[nH]c1ccc(Cl)cc12. The molecule has 3 nitrogen and oxygen atoms in total. The second-order valence-corrected chi connectivity index (χ2v) is 5.30. The molecule has 3 aromatic rings. The van der Waals surface area contributed by atoms with Crippen LogP contribution in [0.4, 0.5) is 0 Å². The minimum atomic E-state index is -0.807. The highest BCUT2D eigenvalue weighted by Gasteiger charge is 2.13. The Morgan fingerprint density at radius 1 is 1.25 bits per heavy atom. The molecule has 0 unspecified atom stereocenters. The van der Waals surface area contributed by atoms with Crippen molar-refractivity contribution in [2.45, 2.75) is 19.8 Å². The normalized spacial score (nSPS) is 11.3. The number of carboxylic acids is 1. The van der Waals surface area contributed by atoms with E-state index >= 15 is 0 Å². The molecule has 0 saturated heterocycles. The molecule has 0 radical (unpaired) electrons. The predicted molar refractivity (Wildman–Crippen MR) is 81.5 cm³/mol. The largest absolute Gasteiger partial charge is 0.481 e. The predicted octanol–water partition coefficient (Wildman–Crippen LogP) is 4.16. The number of carbonyl (C=O) groups is 1. The molecule has 2 N–H and O–H groups in total. The zero-order chi connectivity index (χ0) is 14.3. The zero-order valence-corrected chi connectivity index (χ0v) is 11.8. The summed E-state index contributed by atoms with van der Waals surface area (Å²) in [6, 6.07) is 9.62. The summed E-state index contributed by atoms with van der Waals surface area (Å²) in [6.07, 6.45) is 0.843. The van der Waals surface area contributed by atoms with Crippen LogP contribution in [0.1, 0.15) is 18.1 Å². The Balaban J connectivity index is 2.33. The van der Waals surface area contributed by atoms with Crippen molar-refractivity contribution in [3.05, 3.63) is 46.5 Å². The number of hydrogen-bond acceptors (Lipinski definition) is 1. The summed E-state index contributed by atoms with van der Waals surface area (Å²) in [4.78, 5) is 14.3. The van der Waals surface area contributed by atoms with Crippen molar-refractivity contribution in [2.75, 3.05) is 0 Å². The topological polar surface area (TPSA) is 53.1 Å². The molecule has 4 heteroatoms. The smallest absolute Gasteiger partial charge is 0.307 e. The molecule has 0 amide bonds. The van der Waals surface area contributed by atoms with Crippen LogP contribution in [0.3, 0.4) is 0 Å². The summed E-state index contributed by atoms with van der Waals surface area (Å²) in [5, 5.41) is 11.9. The highest BCUT2D eigenvalue weighted by molar-refractivity contribution is 6.31. The standard InChI is InChI=1S/C16H14ClNO2/c1-2-11-9(7-15(19)20)3-5-12-13-8-10(17)4-6-14(13)18-16(11)12/h3-6,8,18H,2,7H2,1H3,(H,19,20). The number of aromatic nitrogens is 1. The van der Waals surface area contributed by atoms with Gasteiger partial charge < -0.3 is 10.1 Å². The van der Waals surface area contributed by atoms with Gasteiger partial charge in [-0.3, -0.25) is 4.79 Å². The molecular weight excluding hydrogens is 274 g/mol. The van der Waals surface area contributed by atoms with Crippen LogP contribution < -0.4 is 0 Å². The summed E-state index contributed by atoms with van der Waals surface area (Å²) in [5.41, 5.74) is 3.97. The summed E-state index contributed by atoms with van der Waals surface area (Å²) in [5.74, 6) is -0.807. The quantitative estimate of drug-likeness (QED) is 0.760. The van der Waals surface area contributed by atoms with Gasteiger partial charge in [0.2, 0.25) is 0 Å². The molecule has 2 aromatic carbocycles. The van der Waals surface area contributed by atoms with Crippen LogP contribution in [-0.2, 0) is 17.6 Å². The van der Waals surface area contributed by atoms with E-state index in [1.165, 1.54) is 0 Å². The lowest BCUT2D eigenvalue weighted by Gasteiger charge is -2.07. The van der Waals surface area contributed by atoms with E-state index in [9.17, 15) is 4.79 Å². The van der Waals surface area contributed by atoms with E-state index in [0.29, 0.717) is 5.02 Å². The van der Waals surface area contributed by atoms with Gasteiger partial charge in [-0.25, -0.2) is 0 Å². The average molecular weight is 288 g/mol. The van der Waals surface area contributed by atoms with Crippen molar-refractivity contribution in [3.8, 4) is 0 Å². The first-order valence-corrected chi connectivity index (χ1v) is 6.91. The van der Waals surface area contributed by atoms with Crippen LogP contribution in [0.5, 0.6) is 0 Å². The molecule has 0 aliphatic rings. The van der Waals surface area contributed by atoms with Crippen molar-refractivity contribution in [1.82, 2.24) is 4.98 Å². The fraction of sp³-hybridized carbons (Fsp3) is 0.188. The summed E-state index contributed by atoms with van der Waals surface area (Å²) in [7, 11) is 0. The van der Waals surface area contributed by atoms with Crippen molar-refractivity contribution >= 4 is 39.4 Å². The summed E-state index contributed by atoms with van der Waals surface area (Å²) in [6.45, 7) is 2.04. The van der Waals surface area contributed by atoms with E-state index in [2.05, 4.69) is 4.98 Å². The van der Waals surface area contributed by atoms with E-state index in [1.807, 2.05) is 37.3 Å². The third kappa shape index (κ3) is 2.04. The number of rotatable bonds is 3. The molecule has 0 spiro atoms. The molecule has 0 atom stereocenters. The minimum absolute atomic E-state index is 0.0508. The van der Waals surface area contributed by atoms with Crippen LogP contribution >= 0.6 is 11.6 Å². The number of aliphatic carboxylic acids is 1. The highest BCUT2D eigenvalue weighted by Crippen LogP contribution is 2.31. The summed E-state index contributed by atoms with van der Waals surface area (Å²) < 4.78 is 0. The zero-order valence-electron chi connectivity index (χ0n) is 11.0. The number of benzene rings is 2. The van der Waals surface area contributed by atoms with E-state index in [1.54, 1.807) is 0 Å². The molecule has 0 fully saturated rings. The number of H-pyrrole nitrogens is 1. The Morgan fingerprint density at radius 2 is 2.05 bits per heavy atom. The fourth-order valence-corrected chi connectivity index (χ4v) is 2.95. The van der Waals surface area contributed by atoms with Gasteiger partial charge in [0.05, 0.1) is 6.42 Å². The molecule has 1 aromatic heterocycles. The maximum Gasteiger partial charge on any atom is 0.307 e. The molecule has 0 saturated carbocycles. The second-order valence-electron chi connectivity index (χ2n) is 4.86. The van der Waals surface area contributed by atoms with Gasteiger partial charge in [0.1, 0.15) is 0 Å². The monoisotopic (exact) mass is 287 g/mol. The van der Waals surface area contributed by atoms with Gasteiger partial charge in [-0.1, -0.05) is 30.7 Å². The van der Waals surface area contributed by atoms with Crippen molar-refractivity contribution in [1.29, 1.82) is 0 Å². The summed E-state index contributed by atoms with van der Waals surface area (Å²) >= 11 is 6.06. The van der Waals surface area contributed by atoms with Crippen LogP contribution in [0.25, 0.3) is 21.8 Å². The van der Waals surface area contributed by atoms with E-state index in [4.69, 9.17) is 16.7 Å². The second kappa shape index (κ2) is 4.84. The molecule has 102 valence electrons. The Kier molecular flexibility index (Phi) is 3.14. The van der Waals surface area contributed by atoms with E-state index in [0.717, 1.165) is 39.4 Å². The Bertz CT molecular complexity index is 820. The first kappa shape index (κ1) is 13.0. The Morgan fingerprint density at radius 3 is 2.75 bits per heavy atom. The number of aromatic amines is 1. The van der Waals surface area contributed by atoms with Gasteiger partial charge in [0.25, 0.3) is 0 Å². The number of fused-ring (bicyclic) bond motifs is 3. The number of hydrogen-bond donors (Lipinski definition) is 2. The van der Waals surface area contributed by atoms with Gasteiger partial charge in [-0.05, 0) is 35.7 Å². The minimum Gasteiger partial charge on any atom is -0.481 e. The molecule has 0 aliphatic carbocycles. The maximum absolute atomic E-state index is 11.0.